The molecule has 2 fully saturated rings. The van der Waals surface area contributed by atoms with Gasteiger partial charge < -0.3 is 10.4 Å². The number of piperazine rings is 2. The number of hydrogen-bond acceptors (Lipinski definition) is 5. The van der Waals surface area contributed by atoms with Crippen LogP contribution in [0, 0.1) is 0 Å². The first-order chi connectivity index (χ1) is 9.19. The SMILES string of the molecule is CCN1CCN(CC(O)CN2CCNCC2)CC1C. The molecule has 112 valence electrons. The van der Waals surface area contributed by atoms with Crippen LogP contribution in [0.4, 0.5) is 0 Å². The topological polar surface area (TPSA) is 42.0 Å². The molecule has 0 amide bonds. The van der Waals surface area contributed by atoms with E-state index in [-0.39, 0.29) is 6.10 Å². The first-order valence-electron chi connectivity index (χ1n) is 7.76. The summed E-state index contributed by atoms with van der Waals surface area (Å²) in [4.78, 5) is 7.30. The highest BCUT2D eigenvalue weighted by molar-refractivity contribution is 4.81. The third-order valence-corrected chi connectivity index (χ3v) is 4.40. The van der Waals surface area contributed by atoms with Crippen molar-refractivity contribution in [3.63, 3.8) is 0 Å². The van der Waals surface area contributed by atoms with Gasteiger partial charge >= 0.3 is 0 Å². The lowest BCUT2D eigenvalue weighted by Crippen LogP contribution is -2.54. The summed E-state index contributed by atoms with van der Waals surface area (Å²) in [5.74, 6) is 0. The molecule has 2 aliphatic heterocycles. The molecule has 5 heteroatoms. The molecule has 0 aromatic rings. The number of rotatable bonds is 5. The summed E-state index contributed by atoms with van der Waals surface area (Å²) < 4.78 is 0. The van der Waals surface area contributed by atoms with E-state index in [1.54, 1.807) is 0 Å². The van der Waals surface area contributed by atoms with Crippen LogP contribution in [0.25, 0.3) is 0 Å². The quantitative estimate of drug-likeness (QED) is 0.690. The Balaban J connectivity index is 1.68. The highest BCUT2D eigenvalue weighted by atomic mass is 16.3. The van der Waals surface area contributed by atoms with Gasteiger partial charge in [0.1, 0.15) is 0 Å². The highest BCUT2D eigenvalue weighted by Crippen LogP contribution is 2.09. The van der Waals surface area contributed by atoms with E-state index in [9.17, 15) is 5.11 Å². The monoisotopic (exact) mass is 270 g/mol. The summed E-state index contributed by atoms with van der Waals surface area (Å²) in [5, 5.41) is 13.6. The maximum absolute atomic E-state index is 10.2. The summed E-state index contributed by atoms with van der Waals surface area (Å²) >= 11 is 0. The standard InChI is InChI=1S/C14H30N4O/c1-3-18-9-8-17(10-13(18)2)12-14(19)11-16-6-4-15-5-7-16/h13-15,19H,3-12H2,1-2H3. The molecule has 2 aliphatic rings. The van der Waals surface area contributed by atoms with Gasteiger partial charge in [0.2, 0.25) is 0 Å². The summed E-state index contributed by atoms with van der Waals surface area (Å²) in [6.45, 7) is 14.9. The molecule has 2 unspecified atom stereocenters. The molecule has 5 nitrogen and oxygen atoms in total. The van der Waals surface area contributed by atoms with Gasteiger partial charge in [-0.3, -0.25) is 14.7 Å². The Labute approximate surface area is 117 Å². The minimum absolute atomic E-state index is 0.210. The minimum atomic E-state index is -0.210. The second-order valence-electron chi connectivity index (χ2n) is 5.94. The maximum Gasteiger partial charge on any atom is 0.0793 e. The number of likely N-dealkylation sites (N-methyl/N-ethyl adjacent to an activating group) is 1. The first kappa shape index (κ1) is 15.2. The van der Waals surface area contributed by atoms with E-state index < -0.39 is 0 Å². The predicted molar refractivity (Wildman–Crippen MR) is 78.5 cm³/mol. The van der Waals surface area contributed by atoms with Crippen LogP contribution in [0.3, 0.4) is 0 Å². The van der Waals surface area contributed by atoms with Gasteiger partial charge in [0, 0.05) is 64.9 Å². The Hall–Kier alpha value is -0.200. The third kappa shape index (κ3) is 4.68. The van der Waals surface area contributed by atoms with Crippen molar-refractivity contribution in [1.29, 1.82) is 0 Å². The molecule has 2 rings (SSSR count). The molecule has 2 saturated heterocycles. The summed E-state index contributed by atoms with van der Waals surface area (Å²) in [7, 11) is 0. The fourth-order valence-electron chi connectivity index (χ4n) is 3.25. The average Bonchev–Trinajstić information content (AvgIpc) is 2.40. The Morgan fingerprint density at radius 1 is 1.11 bits per heavy atom. The molecule has 0 spiro atoms. The van der Waals surface area contributed by atoms with Crippen molar-refractivity contribution < 1.29 is 5.11 Å². The predicted octanol–water partition coefficient (Wildman–Crippen LogP) is -0.721. The number of nitrogens with zero attached hydrogens (tertiary/aromatic N) is 3. The van der Waals surface area contributed by atoms with Gasteiger partial charge in [-0.2, -0.15) is 0 Å². The van der Waals surface area contributed by atoms with E-state index in [1.807, 2.05) is 0 Å². The van der Waals surface area contributed by atoms with Crippen LogP contribution in [0.15, 0.2) is 0 Å². The van der Waals surface area contributed by atoms with Crippen molar-refractivity contribution in [2.75, 3.05) is 65.4 Å². The van der Waals surface area contributed by atoms with Gasteiger partial charge in [-0.25, -0.2) is 0 Å². The second kappa shape index (κ2) is 7.55. The number of nitrogens with one attached hydrogen (secondary N) is 1. The molecule has 0 aromatic carbocycles. The minimum Gasteiger partial charge on any atom is -0.390 e. The van der Waals surface area contributed by atoms with Gasteiger partial charge in [0.15, 0.2) is 0 Å². The van der Waals surface area contributed by atoms with E-state index in [0.29, 0.717) is 6.04 Å². The maximum atomic E-state index is 10.2. The zero-order valence-electron chi connectivity index (χ0n) is 12.5. The van der Waals surface area contributed by atoms with Crippen LogP contribution in [-0.4, -0.2) is 97.4 Å². The zero-order valence-corrected chi connectivity index (χ0v) is 12.5. The van der Waals surface area contributed by atoms with Crippen molar-refractivity contribution in [3.8, 4) is 0 Å². The average molecular weight is 270 g/mol. The van der Waals surface area contributed by atoms with E-state index in [2.05, 4.69) is 33.9 Å². The van der Waals surface area contributed by atoms with Crippen molar-refractivity contribution in [2.24, 2.45) is 0 Å². The zero-order chi connectivity index (χ0) is 13.7. The highest BCUT2D eigenvalue weighted by Gasteiger charge is 2.24. The molecule has 0 bridgehead atoms. The van der Waals surface area contributed by atoms with Crippen LogP contribution in [0.5, 0.6) is 0 Å². The van der Waals surface area contributed by atoms with Crippen LogP contribution < -0.4 is 5.32 Å². The molecule has 2 atom stereocenters. The Bertz CT molecular complexity index is 258. The van der Waals surface area contributed by atoms with Crippen LogP contribution in [0.2, 0.25) is 0 Å². The molecule has 19 heavy (non-hydrogen) atoms. The van der Waals surface area contributed by atoms with Crippen LogP contribution >= 0.6 is 0 Å². The number of β-amino-alcohol motifs (C(OH)–C–C–N with tert-alkyl or cyclic N) is 1. The summed E-state index contributed by atoms with van der Waals surface area (Å²) in [6.07, 6.45) is -0.210. The first-order valence-corrected chi connectivity index (χ1v) is 7.76. The molecule has 0 saturated carbocycles. The number of aliphatic hydroxyl groups excluding tert-OH is 1. The van der Waals surface area contributed by atoms with Crippen LogP contribution in [0.1, 0.15) is 13.8 Å². The smallest absolute Gasteiger partial charge is 0.0793 e. The molecule has 2 N–H and O–H groups in total. The van der Waals surface area contributed by atoms with Crippen molar-refractivity contribution in [2.45, 2.75) is 26.0 Å². The fourth-order valence-corrected chi connectivity index (χ4v) is 3.25. The van der Waals surface area contributed by atoms with Gasteiger partial charge in [-0.1, -0.05) is 6.92 Å². The van der Waals surface area contributed by atoms with E-state index in [4.69, 9.17) is 0 Å². The molecular formula is C14H30N4O. The normalized spacial score (nSPS) is 29.5. The lowest BCUT2D eigenvalue weighted by atomic mass is 10.1. The Morgan fingerprint density at radius 2 is 1.79 bits per heavy atom. The van der Waals surface area contributed by atoms with Crippen molar-refractivity contribution >= 4 is 0 Å². The molecule has 0 aliphatic carbocycles. The van der Waals surface area contributed by atoms with Gasteiger partial charge in [0.05, 0.1) is 6.10 Å². The lowest BCUT2D eigenvalue weighted by molar-refractivity contribution is 0.0316. The van der Waals surface area contributed by atoms with Gasteiger partial charge in [0.25, 0.3) is 0 Å². The molecule has 2 heterocycles. The lowest BCUT2D eigenvalue weighted by Gasteiger charge is -2.40. The van der Waals surface area contributed by atoms with E-state index >= 15 is 0 Å². The van der Waals surface area contributed by atoms with E-state index in [0.717, 1.165) is 65.4 Å². The molecule has 0 radical (unpaired) electrons. The van der Waals surface area contributed by atoms with Crippen molar-refractivity contribution in [3.05, 3.63) is 0 Å². The van der Waals surface area contributed by atoms with Gasteiger partial charge in [-0.15, -0.1) is 0 Å². The molecular weight excluding hydrogens is 240 g/mol. The Morgan fingerprint density at radius 3 is 2.42 bits per heavy atom. The number of aliphatic hydroxyl groups is 1. The van der Waals surface area contributed by atoms with Crippen LogP contribution in [-0.2, 0) is 0 Å². The van der Waals surface area contributed by atoms with Gasteiger partial charge in [-0.05, 0) is 13.5 Å². The third-order valence-electron chi connectivity index (χ3n) is 4.40. The summed E-state index contributed by atoms with van der Waals surface area (Å²) in [5.41, 5.74) is 0. The number of hydrogen-bond donors (Lipinski definition) is 2. The van der Waals surface area contributed by atoms with Crippen molar-refractivity contribution in [1.82, 2.24) is 20.0 Å². The largest absolute Gasteiger partial charge is 0.390 e. The molecule has 0 aromatic heterocycles. The fraction of sp³-hybridized carbons (Fsp3) is 1.00. The summed E-state index contributed by atoms with van der Waals surface area (Å²) in [6, 6.07) is 0.616. The second-order valence-corrected chi connectivity index (χ2v) is 5.94. The Kier molecular flexibility index (Phi) is 6.04. The van der Waals surface area contributed by atoms with E-state index in [1.165, 1.54) is 0 Å².